The van der Waals surface area contributed by atoms with E-state index in [1.54, 1.807) is 0 Å². The van der Waals surface area contributed by atoms with E-state index in [4.69, 9.17) is 0 Å². The molecule has 0 saturated heterocycles. The molecule has 1 heteroatoms. The second kappa shape index (κ2) is 13.7. The van der Waals surface area contributed by atoms with Gasteiger partial charge in [-0.05, 0) is 62.7 Å². The number of hydrogen-bond acceptors (Lipinski definition) is 1. The first kappa shape index (κ1) is 23.8. The average Bonchev–Trinajstić information content (AvgIpc) is 2.74. The Bertz CT molecular complexity index is 418. The van der Waals surface area contributed by atoms with E-state index in [0.717, 1.165) is 17.8 Å². The quantitative estimate of drug-likeness (QED) is 0.289. The van der Waals surface area contributed by atoms with Crippen LogP contribution in [0.1, 0.15) is 142 Å². The summed E-state index contributed by atoms with van der Waals surface area (Å²) in [6.07, 6.45) is 27.5. The lowest BCUT2D eigenvalue weighted by Crippen LogP contribution is -2.31. The van der Waals surface area contributed by atoms with Gasteiger partial charge in [-0.15, -0.1) is 0 Å². The molecule has 0 amide bonds. The van der Waals surface area contributed by atoms with E-state index in [9.17, 15) is 5.26 Å². The SMILES string of the molecule is CCCCCCCCCC1(C#N)CCC(C2CCC(CCCCC)CC2)CC1. The van der Waals surface area contributed by atoms with Crippen LogP contribution in [0.5, 0.6) is 0 Å². The van der Waals surface area contributed by atoms with Gasteiger partial charge in [-0.3, -0.25) is 0 Å². The molecule has 0 N–H and O–H groups in total. The maximum Gasteiger partial charge on any atom is 0.0689 e. The van der Waals surface area contributed by atoms with Gasteiger partial charge in [-0.25, -0.2) is 0 Å². The minimum absolute atomic E-state index is 0.0390. The van der Waals surface area contributed by atoms with Crippen LogP contribution in [0.2, 0.25) is 0 Å². The average molecular weight is 388 g/mol. The minimum atomic E-state index is 0.0390. The highest BCUT2D eigenvalue weighted by Crippen LogP contribution is 2.47. The lowest BCUT2D eigenvalue weighted by molar-refractivity contribution is 0.114. The number of nitriles is 1. The lowest BCUT2D eigenvalue weighted by atomic mass is 9.63. The molecule has 0 bridgehead atoms. The van der Waals surface area contributed by atoms with Crippen LogP contribution in [-0.4, -0.2) is 0 Å². The molecule has 0 aromatic heterocycles. The van der Waals surface area contributed by atoms with Crippen LogP contribution < -0.4 is 0 Å². The number of unbranched alkanes of at least 4 members (excludes halogenated alkanes) is 8. The molecule has 2 aliphatic carbocycles. The second-order valence-electron chi connectivity index (χ2n) is 10.4. The zero-order chi connectivity index (χ0) is 20.1. The van der Waals surface area contributed by atoms with E-state index in [2.05, 4.69) is 19.9 Å². The summed E-state index contributed by atoms with van der Waals surface area (Å²) >= 11 is 0. The summed E-state index contributed by atoms with van der Waals surface area (Å²) in [6.45, 7) is 4.60. The summed E-state index contributed by atoms with van der Waals surface area (Å²) in [4.78, 5) is 0. The molecule has 2 saturated carbocycles. The third kappa shape index (κ3) is 8.08. The van der Waals surface area contributed by atoms with Crippen LogP contribution in [0, 0.1) is 34.5 Å². The van der Waals surface area contributed by atoms with Crippen molar-refractivity contribution in [2.45, 2.75) is 142 Å². The Morgan fingerprint density at radius 1 is 0.679 bits per heavy atom. The Hall–Kier alpha value is -0.510. The van der Waals surface area contributed by atoms with Gasteiger partial charge in [-0.2, -0.15) is 5.26 Å². The third-order valence-electron chi connectivity index (χ3n) is 8.26. The predicted octanol–water partition coefficient (Wildman–Crippen LogP) is 9.21. The van der Waals surface area contributed by atoms with E-state index < -0.39 is 0 Å². The Kier molecular flexibility index (Phi) is 11.6. The second-order valence-corrected chi connectivity index (χ2v) is 10.4. The van der Waals surface area contributed by atoms with Gasteiger partial charge >= 0.3 is 0 Å². The van der Waals surface area contributed by atoms with Gasteiger partial charge < -0.3 is 0 Å². The highest BCUT2D eigenvalue weighted by Gasteiger charge is 2.38. The van der Waals surface area contributed by atoms with Crippen molar-refractivity contribution in [3.63, 3.8) is 0 Å². The molecule has 1 nitrogen and oxygen atoms in total. The molecule has 0 atom stereocenters. The van der Waals surface area contributed by atoms with E-state index in [-0.39, 0.29) is 5.41 Å². The van der Waals surface area contributed by atoms with E-state index in [1.807, 2.05) is 0 Å². The van der Waals surface area contributed by atoms with Crippen LogP contribution in [-0.2, 0) is 0 Å². The number of nitrogens with zero attached hydrogens (tertiary/aromatic N) is 1. The van der Waals surface area contributed by atoms with E-state index >= 15 is 0 Å². The summed E-state index contributed by atoms with van der Waals surface area (Å²) in [5, 5.41) is 9.90. The van der Waals surface area contributed by atoms with Gasteiger partial charge in [0.1, 0.15) is 0 Å². The summed E-state index contributed by atoms with van der Waals surface area (Å²) in [6, 6.07) is 2.79. The zero-order valence-corrected chi connectivity index (χ0v) is 19.3. The first-order valence-corrected chi connectivity index (χ1v) is 13.1. The summed E-state index contributed by atoms with van der Waals surface area (Å²) < 4.78 is 0. The number of hydrogen-bond donors (Lipinski definition) is 0. The monoisotopic (exact) mass is 387 g/mol. The largest absolute Gasteiger partial charge is 0.198 e. The van der Waals surface area contributed by atoms with Gasteiger partial charge in [-0.1, -0.05) is 97.3 Å². The van der Waals surface area contributed by atoms with Crippen molar-refractivity contribution in [2.75, 3.05) is 0 Å². The van der Waals surface area contributed by atoms with Crippen molar-refractivity contribution in [1.82, 2.24) is 0 Å². The maximum atomic E-state index is 9.90. The molecule has 2 rings (SSSR count). The van der Waals surface area contributed by atoms with Gasteiger partial charge in [0, 0.05) is 0 Å². The highest BCUT2D eigenvalue weighted by molar-refractivity contribution is 5.02. The molecule has 162 valence electrons. The Balaban J connectivity index is 1.62. The first-order valence-electron chi connectivity index (χ1n) is 13.1. The van der Waals surface area contributed by atoms with Gasteiger partial charge in [0.15, 0.2) is 0 Å². The molecule has 0 unspecified atom stereocenters. The fourth-order valence-corrected chi connectivity index (χ4v) is 6.13. The molecule has 0 radical (unpaired) electrons. The normalized spacial score (nSPS) is 30.8. The Morgan fingerprint density at radius 2 is 1.21 bits per heavy atom. The molecule has 2 aliphatic rings. The molecule has 2 fully saturated rings. The molecule has 0 aliphatic heterocycles. The van der Waals surface area contributed by atoms with Crippen LogP contribution in [0.25, 0.3) is 0 Å². The molecule has 0 aromatic rings. The van der Waals surface area contributed by atoms with Crippen LogP contribution in [0.15, 0.2) is 0 Å². The summed E-state index contributed by atoms with van der Waals surface area (Å²) in [5.41, 5.74) is 0.0390. The standard InChI is InChI=1S/C27H49N/c1-3-5-7-8-9-10-12-20-27(23-28)21-18-26(19-22-27)25-16-14-24(15-17-25)13-11-6-4-2/h24-26H,3-22H2,1-2H3. The highest BCUT2D eigenvalue weighted by atomic mass is 14.4. The smallest absolute Gasteiger partial charge is 0.0689 e. The van der Waals surface area contributed by atoms with Crippen molar-refractivity contribution < 1.29 is 0 Å². The topological polar surface area (TPSA) is 23.8 Å². The van der Waals surface area contributed by atoms with Crippen molar-refractivity contribution in [1.29, 1.82) is 5.26 Å². The van der Waals surface area contributed by atoms with Gasteiger partial charge in [0.2, 0.25) is 0 Å². The lowest BCUT2D eigenvalue weighted by Gasteiger charge is -2.41. The van der Waals surface area contributed by atoms with Gasteiger partial charge in [0.25, 0.3) is 0 Å². The van der Waals surface area contributed by atoms with Crippen LogP contribution in [0.4, 0.5) is 0 Å². The first-order chi connectivity index (χ1) is 13.7. The van der Waals surface area contributed by atoms with E-state index in [0.29, 0.717) is 0 Å². The molecule has 0 spiro atoms. The van der Waals surface area contributed by atoms with Crippen molar-refractivity contribution in [2.24, 2.45) is 23.2 Å². The predicted molar refractivity (Wildman–Crippen MR) is 122 cm³/mol. The summed E-state index contributed by atoms with van der Waals surface area (Å²) in [7, 11) is 0. The molecular weight excluding hydrogens is 338 g/mol. The van der Waals surface area contributed by atoms with Crippen molar-refractivity contribution in [3.8, 4) is 6.07 Å². The fourth-order valence-electron chi connectivity index (χ4n) is 6.13. The molecular formula is C27H49N. The Labute approximate surface area is 177 Å². The molecule has 0 heterocycles. The third-order valence-corrected chi connectivity index (χ3v) is 8.26. The fraction of sp³-hybridized carbons (Fsp3) is 0.963. The molecule has 0 aromatic carbocycles. The zero-order valence-electron chi connectivity index (χ0n) is 19.3. The number of rotatable bonds is 13. The van der Waals surface area contributed by atoms with Crippen molar-refractivity contribution in [3.05, 3.63) is 0 Å². The Morgan fingerprint density at radius 3 is 1.82 bits per heavy atom. The minimum Gasteiger partial charge on any atom is -0.198 e. The van der Waals surface area contributed by atoms with Gasteiger partial charge in [0.05, 0.1) is 11.5 Å². The van der Waals surface area contributed by atoms with Crippen molar-refractivity contribution >= 4 is 0 Å². The van der Waals surface area contributed by atoms with Crippen LogP contribution in [0.3, 0.4) is 0 Å². The maximum absolute atomic E-state index is 9.90. The van der Waals surface area contributed by atoms with Crippen LogP contribution >= 0.6 is 0 Å². The molecule has 28 heavy (non-hydrogen) atoms. The van der Waals surface area contributed by atoms with E-state index in [1.165, 1.54) is 128 Å². The summed E-state index contributed by atoms with van der Waals surface area (Å²) in [5.74, 6) is 2.95.